The van der Waals surface area contributed by atoms with Gasteiger partial charge in [0.2, 0.25) is 5.91 Å². The third-order valence-corrected chi connectivity index (χ3v) is 4.79. The first-order valence-corrected chi connectivity index (χ1v) is 9.54. The van der Waals surface area contributed by atoms with Crippen molar-refractivity contribution in [2.75, 3.05) is 0 Å². The van der Waals surface area contributed by atoms with Gasteiger partial charge in [0, 0.05) is 5.71 Å². The average Bonchev–Trinajstić information content (AvgIpc) is 2.73. The van der Waals surface area contributed by atoms with Gasteiger partial charge in [-0.15, -0.1) is 0 Å². The minimum Gasteiger partial charge on any atom is -0.350 e. The van der Waals surface area contributed by atoms with Crippen molar-refractivity contribution in [3.8, 4) is 0 Å². The first-order chi connectivity index (χ1) is 14.8. The van der Waals surface area contributed by atoms with E-state index < -0.39 is 42.4 Å². The molecule has 2 rings (SSSR count). The molecule has 0 fully saturated rings. The minimum atomic E-state index is -6.53. The van der Waals surface area contributed by atoms with E-state index >= 15 is 0 Å². The van der Waals surface area contributed by atoms with Crippen LogP contribution in [0.3, 0.4) is 0 Å². The number of alkyl halides is 7. The van der Waals surface area contributed by atoms with Crippen molar-refractivity contribution in [1.29, 1.82) is 0 Å². The second-order valence-corrected chi connectivity index (χ2v) is 7.20. The van der Waals surface area contributed by atoms with E-state index in [2.05, 4.69) is 10.3 Å². The summed E-state index contributed by atoms with van der Waals surface area (Å²) in [5.74, 6) is -13.2. The maximum Gasteiger partial charge on any atom is 0.459 e. The van der Waals surface area contributed by atoms with Crippen LogP contribution >= 0.6 is 0 Å². The zero-order chi connectivity index (χ0) is 24.2. The van der Waals surface area contributed by atoms with Gasteiger partial charge in [-0.2, -0.15) is 30.7 Å². The summed E-state index contributed by atoms with van der Waals surface area (Å²) in [4.78, 5) is 15.8. The van der Waals surface area contributed by atoms with Crippen molar-refractivity contribution < 1.29 is 35.5 Å². The molecule has 3 nitrogen and oxygen atoms in total. The second-order valence-electron chi connectivity index (χ2n) is 7.20. The smallest absolute Gasteiger partial charge is 0.350 e. The van der Waals surface area contributed by atoms with Gasteiger partial charge in [-0.1, -0.05) is 60.7 Å². The number of halogens is 7. The molecule has 0 aromatic heterocycles. The van der Waals surface area contributed by atoms with Gasteiger partial charge in [0.15, 0.2) is 0 Å². The standard InChI is InChI=1S/C22H21F7N2O/c1-14(16-9-5-3-6-10-16)30-18(20(23,24)21(25,26)22(27,28)29)13-19(32)31-15(2)17-11-7-4-8-12-17/h3-12,15,18H,13H2,1-2H3,(H,31,32)/t15-,18+/m0/s1. The third kappa shape index (κ3) is 5.66. The maximum atomic E-state index is 14.5. The molecule has 0 aliphatic rings. The van der Waals surface area contributed by atoms with Crippen LogP contribution in [0.5, 0.6) is 0 Å². The minimum absolute atomic E-state index is 0.211. The molecule has 0 saturated heterocycles. The van der Waals surface area contributed by atoms with E-state index in [9.17, 15) is 35.5 Å². The Bertz CT molecular complexity index is 928. The van der Waals surface area contributed by atoms with Crippen molar-refractivity contribution in [3.63, 3.8) is 0 Å². The lowest BCUT2D eigenvalue weighted by molar-refractivity contribution is -0.358. The largest absolute Gasteiger partial charge is 0.459 e. The van der Waals surface area contributed by atoms with E-state index in [0.717, 1.165) is 0 Å². The number of carbonyl (C=O) groups is 1. The Balaban J connectivity index is 2.36. The summed E-state index contributed by atoms with van der Waals surface area (Å²) < 4.78 is 94.6. The molecule has 32 heavy (non-hydrogen) atoms. The summed E-state index contributed by atoms with van der Waals surface area (Å²) in [5, 5.41) is 2.33. The number of nitrogens with one attached hydrogen (secondary N) is 1. The Morgan fingerprint density at radius 2 is 1.41 bits per heavy atom. The predicted octanol–water partition coefficient (Wildman–Crippen LogP) is 5.96. The van der Waals surface area contributed by atoms with Crippen molar-refractivity contribution in [2.45, 2.75) is 50.4 Å². The van der Waals surface area contributed by atoms with Crippen LogP contribution in [-0.2, 0) is 4.79 Å². The Labute approximate surface area is 180 Å². The fourth-order valence-corrected chi connectivity index (χ4v) is 2.94. The monoisotopic (exact) mass is 462 g/mol. The summed E-state index contributed by atoms with van der Waals surface area (Å²) in [7, 11) is 0. The maximum absolute atomic E-state index is 14.5. The van der Waals surface area contributed by atoms with Crippen LogP contribution in [-0.4, -0.2) is 35.7 Å². The van der Waals surface area contributed by atoms with E-state index in [1.54, 1.807) is 36.4 Å². The van der Waals surface area contributed by atoms with Crippen LogP contribution in [0.1, 0.15) is 37.4 Å². The second kappa shape index (κ2) is 9.70. The van der Waals surface area contributed by atoms with Gasteiger partial charge in [0.25, 0.3) is 0 Å². The van der Waals surface area contributed by atoms with Crippen molar-refractivity contribution >= 4 is 11.6 Å². The van der Waals surface area contributed by atoms with Crippen LogP contribution in [0.4, 0.5) is 30.7 Å². The molecule has 0 heterocycles. The number of aliphatic imine (C=N–C) groups is 1. The fourth-order valence-electron chi connectivity index (χ4n) is 2.94. The quantitative estimate of drug-likeness (QED) is 0.382. The molecule has 2 atom stereocenters. The number of hydrogen-bond donors (Lipinski definition) is 1. The number of hydrogen-bond acceptors (Lipinski definition) is 2. The van der Waals surface area contributed by atoms with E-state index in [-0.39, 0.29) is 11.3 Å². The highest BCUT2D eigenvalue weighted by Gasteiger charge is 2.75. The molecule has 0 spiro atoms. The van der Waals surface area contributed by atoms with Crippen LogP contribution in [0.15, 0.2) is 65.7 Å². The molecule has 2 aromatic carbocycles. The van der Waals surface area contributed by atoms with Crippen LogP contribution in [0.2, 0.25) is 0 Å². The molecule has 0 saturated carbocycles. The summed E-state index contributed by atoms with van der Waals surface area (Å²) >= 11 is 0. The van der Waals surface area contributed by atoms with Crippen molar-refractivity contribution in [2.24, 2.45) is 4.99 Å². The molecule has 10 heteroatoms. The molecule has 0 aliphatic carbocycles. The number of carbonyl (C=O) groups excluding carboxylic acids is 1. The molecular formula is C22H21F7N2O. The molecule has 174 valence electrons. The van der Waals surface area contributed by atoms with Gasteiger partial charge in [-0.3, -0.25) is 9.79 Å². The number of benzene rings is 2. The zero-order valence-corrected chi connectivity index (χ0v) is 17.1. The lowest BCUT2D eigenvalue weighted by Gasteiger charge is -2.32. The fraction of sp³-hybridized carbons (Fsp3) is 0.364. The van der Waals surface area contributed by atoms with E-state index in [1.165, 1.54) is 38.1 Å². The molecule has 0 bridgehead atoms. The van der Waals surface area contributed by atoms with Gasteiger partial charge in [-0.25, -0.2) is 0 Å². The van der Waals surface area contributed by atoms with E-state index in [4.69, 9.17) is 0 Å². The molecule has 1 N–H and O–H groups in total. The van der Waals surface area contributed by atoms with E-state index in [1.807, 2.05) is 0 Å². The van der Waals surface area contributed by atoms with Gasteiger partial charge in [0.1, 0.15) is 6.04 Å². The molecule has 1 amide bonds. The van der Waals surface area contributed by atoms with Gasteiger partial charge < -0.3 is 5.32 Å². The van der Waals surface area contributed by atoms with Gasteiger partial charge in [0.05, 0.1) is 12.5 Å². The Morgan fingerprint density at radius 3 is 1.91 bits per heavy atom. The highest BCUT2D eigenvalue weighted by molar-refractivity contribution is 5.99. The highest BCUT2D eigenvalue weighted by atomic mass is 19.4. The first kappa shape index (κ1) is 25.4. The van der Waals surface area contributed by atoms with Crippen molar-refractivity contribution in [3.05, 3.63) is 71.8 Å². The Kier molecular flexibility index (Phi) is 7.69. The summed E-state index contributed by atoms with van der Waals surface area (Å²) in [6.45, 7) is 2.71. The lowest BCUT2D eigenvalue weighted by Crippen LogP contribution is -2.58. The molecule has 0 unspecified atom stereocenters. The number of amides is 1. The lowest BCUT2D eigenvalue weighted by atomic mass is 9.98. The highest BCUT2D eigenvalue weighted by Crippen LogP contribution is 2.49. The summed E-state index contributed by atoms with van der Waals surface area (Å²) in [5.41, 5.74) is 0.618. The summed E-state index contributed by atoms with van der Waals surface area (Å²) in [6.07, 6.45) is -7.90. The molecule has 0 radical (unpaired) electrons. The predicted molar refractivity (Wildman–Crippen MR) is 106 cm³/mol. The Morgan fingerprint density at radius 1 is 0.906 bits per heavy atom. The SMILES string of the molecule is CC(=N[C@H](CC(=O)N[C@@H](C)c1ccccc1)C(F)(F)C(F)(F)C(F)(F)F)c1ccccc1. The Hall–Kier alpha value is -2.91. The average molecular weight is 462 g/mol. The third-order valence-electron chi connectivity index (χ3n) is 4.79. The van der Waals surface area contributed by atoms with E-state index in [0.29, 0.717) is 5.56 Å². The number of nitrogens with zero attached hydrogens (tertiary/aromatic N) is 1. The zero-order valence-electron chi connectivity index (χ0n) is 17.1. The molecule has 2 aromatic rings. The van der Waals surface area contributed by atoms with Crippen LogP contribution in [0, 0.1) is 0 Å². The van der Waals surface area contributed by atoms with Gasteiger partial charge in [-0.05, 0) is 25.0 Å². The van der Waals surface area contributed by atoms with Gasteiger partial charge >= 0.3 is 18.0 Å². The normalized spacial score (nSPS) is 15.2. The van der Waals surface area contributed by atoms with Crippen molar-refractivity contribution in [1.82, 2.24) is 5.32 Å². The van der Waals surface area contributed by atoms with Crippen LogP contribution < -0.4 is 5.32 Å². The van der Waals surface area contributed by atoms with Crippen LogP contribution in [0.25, 0.3) is 0 Å². The molecule has 0 aliphatic heterocycles. The molecular weight excluding hydrogens is 441 g/mol. The summed E-state index contributed by atoms with van der Waals surface area (Å²) in [6, 6.07) is 12.1. The first-order valence-electron chi connectivity index (χ1n) is 9.54. The number of rotatable bonds is 8. The topological polar surface area (TPSA) is 41.5 Å².